The Labute approximate surface area is 144 Å². The normalized spacial score (nSPS) is 15.2. The number of piperazine rings is 1. The summed E-state index contributed by atoms with van der Waals surface area (Å²) in [5.41, 5.74) is 2.42. The highest BCUT2D eigenvalue weighted by atomic mass is 16.1. The summed E-state index contributed by atoms with van der Waals surface area (Å²) in [6.45, 7) is 5.31. The van der Waals surface area contributed by atoms with Crippen LogP contribution in [0.3, 0.4) is 0 Å². The number of fused-ring (bicyclic) bond motifs is 1. The lowest BCUT2D eigenvalue weighted by Crippen LogP contribution is -2.47. The van der Waals surface area contributed by atoms with E-state index in [1.165, 1.54) is 6.33 Å². The molecule has 1 aliphatic rings. The van der Waals surface area contributed by atoms with Gasteiger partial charge in [0.25, 0.3) is 0 Å². The number of imidazole rings is 1. The number of anilines is 2. The molecule has 0 aromatic carbocycles. The second kappa shape index (κ2) is 5.83. The van der Waals surface area contributed by atoms with E-state index >= 15 is 0 Å². The zero-order valence-corrected chi connectivity index (χ0v) is 14.5. The molecule has 1 fully saturated rings. The average molecular weight is 340 g/mol. The fraction of sp³-hybridized carbons (Fsp3) is 0.438. The summed E-state index contributed by atoms with van der Waals surface area (Å²) in [5.74, 6) is 1.79. The minimum absolute atomic E-state index is 0.0907. The number of rotatable bonds is 2. The Balaban J connectivity index is 1.64. The maximum absolute atomic E-state index is 12.2. The second-order valence-corrected chi connectivity index (χ2v) is 6.27. The minimum atomic E-state index is -0.0907. The number of nitrogens with zero attached hydrogens (tertiary/aromatic N) is 8. The molecule has 9 nitrogen and oxygen atoms in total. The number of aryl methyl sites for hydroxylation is 3. The predicted molar refractivity (Wildman–Crippen MR) is 94.9 cm³/mol. The van der Waals surface area contributed by atoms with Gasteiger partial charge in [-0.3, -0.25) is 9.13 Å². The molecule has 9 heteroatoms. The Morgan fingerprint density at radius 1 is 0.880 bits per heavy atom. The summed E-state index contributed by atoms with van der Waals surface area (Å²) in [4.78, 5) is 33.9. The van der Waals surface area contributed by atoms with E-state index in [0.29, 0.717) is 5.65 Å². The number of hydrogen-bond acceptors (Lipinski definition) is 7. The van der Waals surface area contributed by atoms with Gasteiger partial charge in [-0.25, -0.2) is 24.7 Å². The van der Waals surface area contributed by atoms with Crippen LogP contribution in [0, 0.1) is 6.92 Å². The third kappa shape index (κ3) is 2.43. The summed E-state index contributed by atoms with van der Waals surface area (Å²) >= 11 is 0. The zero-order valence-electron chi connectivity index (χ0n) is 14.5. The molecule has 4 rings (SSSR count). The van der Waals surface area contributed by atoms with E-state index in [9.17, 15) is 4.79 Å². The third-order valence-corrected chi connectivity index (χ3v) is 4.76. The molecule has 1 saturated heterocycles. The number of hydrogen-bond donors (Lipinski definition) is 0. The largest absolute Gasteiger partial charge is 0.353 e. The molecule has 0 aliphatic carbocycles. The van der Waals surface area contributed by atoms with Crippen LogP contribution in [0.4, 0.5) is 11.6 Å². The van der Waals surface area contributed by atoms with E-state index in [-0.39, 0.29) is 5.69 Å². The van der Waals surface area contributed by atoms with E-state index in [1.54, 1.807) is 29.6 Å². The van der Waals surface area contributed by atoms with Crippen molar-refractivity contribution in [1.82, 2.24) is 29.1 Å². The molecule has 0 atom stereocenters. The van der Waals surface area contributed by atoms with Gasteiger partial charge in [0.05, 0.1) is 0 Å². The van der Waals surface area contributed by atoms with Crippen molar-refractivity contribution in [2.24, 2.45) is 14.1 Å². The van der Waals surface area contributed by atoms with E-state index in [2.05, 4.69) is 29.7 Å². The van der Waals surface area contributed by atoms with Gasteiger partial charge in [0.15, 0.2) is 11.5 Å². The fourth-order valence-electron chi connectivity index (χ4n) is 3.40. The van der Waals surface area contributed by atoms with Crippen molar-refractivity contribution in [3.63, 3.8) is 0 Å². The highest BCUT2D eigenvalue weighted by Crippen LogP contribution is 2.24. The Morgan fingerprint density at radius 3 is 2.20 bits per heavy atom. The van der Waals surface area contributed by atoms with Gasteiger partial charge < -0.3 is 9.80 Å². The third-order valence-electron chi connectivity index (χ3n) is 4.76. The Bertz CT molecular complexity index is 983. The quantitative estimate of drug-likeness (QED) is 0.654. The SMILES string of the molecule is Cc1cncnc1N1CCN(c2ncnc3c2n(C)c(=O)n3C)CC1. The first kappa shape index (κ1) is 15.6. The molecule has 0 spiro atoms. The molecule has 0 unspecified atom stereocenters. The van der Waals surface area contributed by atoms with Crippen molar-refractivity contribution >= 4 is 22.8 Å². The molecule has 0 saturated carbocycles. The first-order valence-corrected chi connectivity index (χ1v) is 8.21. The molecule has 3 aromatic rings. The van der Waals surface area contributed by atoms with Crippen LogP contribution in [0.25, 0.3) is 11.2 Å². The van der Waals surface area contributed by atoms with Gasteiger partial charge in [0.2, 0.25) is 0 Å². The van der Waals surface area contributed by atoms with Crippen molar-refractivity contribution < 1.29 is 0 Å². The van der Waals surface area contributed by atoms with E-state index in [0.717, 1.165) is 48.9 Å². The van der Waals surface area contributed by atoms with Gasteiger partial charge in [-0.1, -0.05) is 0 Å². The van der Waals surface area contributed by atoms with Gasteiger partial charge in [0.1, 0.15) is 24.0 Å². The number of aromatic nitrogens is 6. The van der Waals surface area contributed by atoms with Crippen molar-refractivity contribution in [3.05, 3.63) is 34.9 Å². The molecule has 0 bridgehead atoms. The summed E-state index contributed by atoms with van der Waals surface area (Å²) in [6.07, 6.45) is 4.95. The first-order chi connectivity index (χ1) is 12.1. The van der Waals surface area contributed by atoms with Gasteiger partial charge in [0, 0.05) is 52.0 Å². The Hall–Kier alpha value is -2.97. The standard InChI is InChI=1S/C16H20N8O/c1-11-8-17-9-18-13(11)23-4-6-24(7-5-23)15-12-14(19-10-20-15)22(3)16(25)21(12)2/h8-10H,4-7H2,1-3H3. The zero-order chi connectivity index (χ0) is 17.6. The maximum atomic E-state index is 12.2. The Kier molecular flexibility index (Phi) is 3.63. The molecule has 1 aliphatic heterocycles. The topological polar surface area (TPSA) is 85.0 Å². The van der Waals surface area contributed by atoms with Crippen LogP contribution in [-0.2, 0) is 14.1 Å². The van der Waals surface area contributed by atoms with Crippen molar-refractivity contribution in [2.45, 2.75) is 6.92 Å². The Morgan fingerprint density at radius 2 is 1.52 bits per heavy atom. The smallest absolute Gasteiger partial charge is 0.329 e. The van der Waals surface area contributed by atoms with Crippen molar-refractivity contribution in [3.8, 4) is 0 Å². The predicted octanol–water partition coefficient (Wildman–Crippen LogP) is 0.0920. The summed E-state index contributed by atoms with van der Waals surface area (Å²) < 4.78 is 3.17. The average Bonchev–Trinajstić information content (AvgIpc) is 2.87. The summed E-state index contributed by atoms with van der Waals surface area (Å²) in [5, 5.41) is 0. The molecule has 0 radical (unpaired) electrons. The minimum Gasteiger partial charge on any atom is -0.353 e. The van der Waals surface area contributed by atoms with Gasteiger partial charge in [-0.2, -0.15) is 0 Å². The van der Waals surface area contributed by atoms with E-state index < -0.39 is 0 Å². The van der Waals surface area contributed by atoms with Crippen LogP contribution in [0.2, 0.25) is 0 Å². The monoisotopic (exact) mass is 340 g/mol. The fourth-order valence-corrected chi connectivity index (χ4v) is 3.40. The lowest BCUT2D eigenvalue weighted by atomic mass is 10.2. The van der Waals surface area contributed by atoms with Crippen molar-refractivity contribution in [2.75, 3.05) is 36.0 Å². The lowest BCUT2D eigenvalue weighted by molar-refractivity contribution is 0.639. The molecular weight excluding hydrogens is 320 g/mol. The maximum Gasteiger partial charge on any atom is 0.329 e. The second-order valence-electron chi connectivity index (χ2n) is 6.27. The molecule has 130 valence electrons. The van der Waals surface area contributed by atoms with Gasteiger partial charge in [-0.05, 0) is 6.92 Å². The molecule has 0 N–H and O–H groups in total. The van der Waals surface area contributed by atoms with Crippen LogP contribution in [0.15, 0.2) is 23.6 Å². The highest BCUT2D eigenvalue weighted by molar-refractivity contribution is 5.84. The molecule has 25 heavy (non-hydrogen) atoms. The van der Waals surface area contributed by atoms with Crippen molar-refractivity contribution in [1.29, 1.82) is 0 Å². The van der Waals surface area contributed by atoms with Crippen LogP contribution >= 0.6 is 0 Å². The summed E-state index contributed by atoms with van der Waals surface area (Å²) in [6, 6.07) is 0. The lowest BCUT2D eigenvalue weighted by Gasteiger charge is -2.36. The summed E-state index contributed by atoms with van der Waals surface area (Å²) in [7, 11) is 3.50. The van der Waals surface area contributed by atoms with E-state index in [4.69, 9.17) is 0 Å². The molecule has 3 aromatic heterocycles. The first-order valence-electron chi connectivity index (χ1n) is 8.21. The molecule has 0 amide bonds. The van der Waals surface area contributed by atoms with Gasteiger partial charge in [-0.15, -0.1) is 0 Å². The van der Waals surface area contributed by atoms with E-state index in [1.807, 2.05) is 13.1 Å². The van der Waals surface area contributed by atoms with Crippen LogP contribution in [-0.4, -0.2) is 55.2 Å². The van der Waals surface area contributed by atoms with Crippen LogP contribution in [0.5, 0.6) is 0 Å². The molecule has 4 heterocycles. The highest BCUT2D eigenvalue weighted by Gasteiger charge is 2.24. The van der Waals surface area contributed by atoms with Gasteiger partial charge >= 0.3 is 5.69 Å². The molecular formula is C16H20N8O. The van der Waals surface area contributed by atoms with Crippen LogP contribution < -0.4 is 15.5 Å². The van der Waals surface area contributed by atoms with Crippen LogP contribution in [0.1, 0.15) is 5.56 Å².